The Bertz CT molecular complexity index is 1220. The number of rotatable bonds is 8. The van der Waals surface area contributed by atoms with Gasteiger partial charge in [0.25, 0.3) is 0 Å². The number of hydrogen-bond donors (Lipinski definition) is 2. The second-order valence-corrected chi connectivity index (χ2v) is 9.87. The summed E-state index contributed by atoms with van der Waals surface area (Å²) in [4.78, 5) is 25.3. The van der Waals surface area contributed by atoms with E-state index in [1.54, 1.807) is 4.68 Å². The monoisotopic (exact) mass is 491 g/mol. The molecule has 0 spiro atoms. The normalized spacial score (nSPS) is 20.4. The molecule has 3 heterocycles. The van der Waals surface area contributed by atoms with E-state index in [1.807, 2.05) is 38.4 Å². The van der Waals surface area contributed by atoms with Gasteiger partial charge in [-0.3, -0.25) is 4.79 Å². The van der Waals surface area contributed by atoms with Crippen LogP contribution in [0, 0.1) is 12.8 Å². The molecule has 0 amide bonds. The Hall–Kier alpha value is -3.56. The fourth-order valence-electron chi connectivity index (χ4n) is 5.30. The Morgan fingerprint density at radius 2 is 1.97 bits per heavy atom. The summed E-state index contributed by atoms with van der Waals surface area (Å²) in [7, 11) is 1.86. The number of nitrogens with zero attached hydrogens (tertiary/aromatic N) is 6. The molecule has 0 aromatic carbocycles. The molecule has 190 valence electrons. The molecule has 3 aromatic heterocycles. The van der Waals surface area contributed by atoms with Gasteiger partial charge in [0.05, 0.1) is 35.6 Å². The number of pyridine rings is 1. The van der Waals surface area contributed by atoms with Crippen molar-refractivity contribution in [1.82, 2.24) is 29.9 Å². The van der Waals surface area contributed by atoms with Crippen molar-refractivity contribution < 1.29 is 14.6 Å². The van der Waals surface area contributed by atoms with Crippen molar-refractivity contribution in [3.05, 3.63) is 41.5 Å². The largest absolute Gasteiger partial charge is 0.489 e. The quantitative estimate of drug-likeness (QED) is 0.475. The van der Waals surface area contributed by atoms with Gasteiger partial charge in [-0.25, -0.2) is 19.6 Å². The smallest absolute Gasteiger partial charge is 0.306 e. The number of aromatic nitrogens is 6. The second kappa shape index (κ2) is 10.6. The number of carbonyl (C=O) groups is 1. The van der Waals surface area contributed by atoms with Crippen LogP contribution in [0.4, 0.5) is 5.95 Å². The van der Waals surface area contributed by atoms with E-state index in [0.29, 0.717) is 48.4 Å². The van der Waals surface area contributed by atoms with Gasteiger partial charge in [-0.1, -0.05) is 18.1 Å². The summed E-state index contributed by atoms with van der Waals surface area (Å²) in [5.74, 6) is 0.725. The Kier molecular flexibility index (Phi) is 7.11. The maximum atomic E-state index is 11.4. The lowest BCUT2D eigenvalue weighted by Gasteiger charge is -2.27. The lowest BCUT2D eigenvalue weighted by atomic mass is 9.87. The summed E-state index contributed by atoms with van der Waals surface area (Å²) in [6.07, 6.45) is 9.58. The number of hydrogen-bond acceptors (Lipinski definition) is 8. The van der Waals surface area contributed by atoms with E-state index in [4.69, 9.17) is 14.7 Å². The van der Waals surface area contributed by atoms with Gasteiger partial charge in [-0.15, -0.1) is 5.10 Å². The summed E-state index contributed by atoms with van der Waals surface area (Å²) >= 11 is 0. The lowest BCUT2D eigenvalue weighted by Crippen LogP contribution is -2.29. The van der Waals surface area contributed by atoms with Crippen molar-refractivity contribution in [2.75, 3.05) is 5.32 Å². The van der Waals surface area contributed by atoms with Crippen LogP contribution in [0.15, 0.2) is 24.4 Å². The van der Waals surface area contributed by atoms with Gasteiger partial charge in [0.2, 0.25) is 5.95 Å². The Balaban J connectivity index is 1.28. The molecule has 2 aliphatic carbocycles. The number of nitrogens with one attached hydrogen (secondary N) is 1. The Labute approximate surface area is 210 Å². The zero-order valence-electron chi connectivity index (χ0n) is 20.9. The molecule has 10 nitrogen and oxygen atoms in total. The van der Waals surface area contributed by atoms with Crippen molar-refractivity contribution in [1.29, 1.82) is 0 Å². The molecular formula is C26H33N7O3. The van der Waals surface area contributed by atoms with Crippen LogP contribution in [0.1, 0.15) is 74.4 Å². The van der Waals surface area contributed by atoms with Crippen LogP contribution in [-0.4, -0.2) is 47.1 Å². The predicted molar refractivity (Wildman–Crippen MR) is 134 cm³/mol. The molecule has 2 aliphatic rings. The number of aliphatic carboxylic acids is 1. The molecule has 2 saturated carbocycles. The third-order valence-electron chi connectivity index (χ3n) is 7.36. The molecule has 2 atom stereocenters. The average Bonchev–Trinajstić information content (AvgIpc) is 3.55. The molecule has 0 unspecified atom stereocenters. The van der Waals surface area contributed by atoms with Crippen LogP contribution in [0.5, 0.6) is 5.75 Å². The van der Waals surface area contributed by atoms with Crippen LogP contribution in [-0.2, 0) is 18.4 Å². The van der Waals surface area contributed by atoms with Crippen LogP contribution in [0.2, 0.25) is 0 Å². The molecule has 0 bridgehead atoms. The molecule has 0 radical (unpaired) electrons. The number of anilines is 1. The van der Waals surface area contributed by atoms with Crippen molar-refractivity contribution in [2.45, 2.75) is 76.9 Å². The number of carboxylic acids is 1. The van der Waals surface area contributed by atoms with E-state index in [1.165, 1.54) is 25.7 Å². The zero-order valence-corrected chi connectivity index (χ0v) is 20.9. The maximum Gasteiger partial charge on any atom is 0.306 e. The maximum absolute atomic E-state index is 11.4. The van der Waals surface area contributed by atoms with Gasteiger partial charge in [0, 0.05) is 24.9 Å². The summed E-state index contributed by atoms with van der Waals surface area (Å²) in [6.45, 7) is 2.36. The fourth-order valence-corrected chi connectivity index (χ4v) is 5.30. The molecule has 36 heavy (non-hydrogen) atoms. The van der Waals surface area contributed by atoms with Gasteiger partial charge in [0.1, 0.15) is 11.4 Å². The van der Waals surface area contributed by atoms with Crippen molar-refractivity contribution in [2.24, 2.45) is 13.0 Å². The van der Waals surface area contributed by atoms with Gasteiger partial charge in [-0.2, -0.15) is 0 Å². The SMILES string of the molecule is Cc1nc(-c2nnn(C)c2CNc2nccc(C3CCCC3)n2)ccc1O[C@H]1CCC[C@H](C(=O)O)C1. The van der Waals surface area contributed by atoms with Crippen molar-refractivity contribution in [3.63, 3.8) is 0 Å². The predicted octanol–water partition coefficient (Wildman–Crippen LogP) is 4.27. The number of aryl methyl sites for hydroxylation is 2. The van der Waals surface area contributed by atoms with E-state index in [2.05, 4.69) is 20.6 Å². The van der Waals surface area contributed by atoms with Crippen LogP contribution in [0.25, 0.3) is 11.4 Å². The number of carboxylic acid groups (broad SMARTS) is 1. The molecule has 3 aromatic rings. The van der Waals surface area contributed by atoms with E-state index < -0.39 is 5.97 Å². The standard InChI is InChI=1S/C26H33N7O3/c1-16-23(36-19-9-5-8-18(14-19)25(34)35)11-10-21(29-16)24-22(33(2)32-31-24)15-28-26-27-13-12-20(30-26)17-6-3-4-7-17/h10-13,17-19H,3-9,14-15H2,1-2H3,(H,34,35)(H,27,28,30)/t18-,19-/m0/s1. The molecule has 0 saturated heterocycles. The topological polar surface area (TPSA) is 128 Å². The first-order chi connectivity index (χ1) is 17.5. The molecule has 2 fully saturated rings. The summed E-state index contributed by atoms with van der Waals surface area (Å²) in [6, 6.07) is 5.79. The molecule has 5 rings (SSSR count). The van der Waals surface area contributed by atoms with Gasteiger partial charge < -0.3 is 15.2 Å². The molecule has 0 aliphatic heterocycles. The highest BCUT2D eigenvalue weighted by molar-refractivity contribution is 5.70. The van der Waals surface area contributed by atoms with E-state index in [9.17, 15) is 9.90 Å². The first kappa shape index (κ1) is 24.1. The number of ether oxygens (including phenoxy) is 1. The van der Waals surface area contributed by atoms with E-state index in [0.717, 1.165) is 29.9 Å². The highest BCUT2D eigenvalue weighted by Gasteiger charge is 2.28. The summed E-state index contributed by atoms with van der Waals surface area (Å²) in [5, 5.41) is 21.3. The van der Waals surface area contributed by atoms with Gasteiger partial charge in [-0.05, 0) is 63.6 Å². The Morgan fingerprint density at radius 3 is 2.75 bits per heavy atom. The van der Waals surface area contributed by atoms with Crippen LogP contribution < -0.4 is 10.1 Å². The fraction of sp³-hybridized carbons (Fsp3) is 0.538. The van der Waals surface area contributed by atoms with Gasteiger partial charge >= 0.3 is 5.97 Å². The highest BCUT2D eigenvalue weighted by Crippen LogP contribution is 2.33. The molecular weight excluding hydrogens is 458 g/mol. The van der Waals surface area contributed by atoms with Gasteiger partial charge in [0.15, 0.2) is 0 Å². The van der Waals surface area contributed by atoms with Crippen LogP contribution >= 0.6 is 0 Å². The minimum atomic E-state index is -0.743. The highest BCUT2D eigenvalue weighted by atomic mass is 16.5. The molecule has 2 N–H and O–H groups in total. The first-order valence-electron chi connectivity index (χ1n) is 12.8. The van der Waals surface area contributed by atoms with Crippen molar-refractivity contribution >= 4 is 11.9 Å². The minimum Gasteiger partial charge on any atom is -0.489 e. The van der Waals surface area contributed by atoms with E-state index >= 15 is 0 Å². The van der Waals surface area contributed by atoms with Crippen molar-refractivity contribution in [3.8, 4) is 17.1 Å². The molecule has 10 heteroatoms. The lowest BCUT2D eigenvalue weighted by molar-refractivity contribution is -0.143. The summed E-state index contributed by atoms with van der Waals surface area (Å²) < 4.78 is 7.89. The first-order valence-corrected chi connectivity index (χ1v) is 12.8. The minimum absolute atomic E-state index is 0.109. The van der Waals surface area contributed by atoms with E-state index in [-0.39, 0.29) is 12.0 Å². The second-order valence-electron chi connectivity index (χ2n) is 9.87. The third-order valence-corrected chi connectivity index (χ3v) is 7.36. The Morgan fingerprint density at radius 1 is 1.14 bits per heavy atom. The zero-order chi connectivity index (χ0) is 25.1. The average molecular weight is 492 g/mol. The summed E-state index contributed by atoms with van der Waals surface area (Å²) in [5.41, 5.74) is 4.12. The van der Waals surface area contributed by atoms with Crippen LogP contribution in [0.3, 0.4) is 0 Å². The third kappa shape index (κ3) is 5.32.